The first-order chi connectivity index (χ1) is 12.8. The van der Waals surface area contributed by atoms with E-state index in [-0.39, 0.29) is 18.1 Å². The third kappa shape index (κ3) is 5.32. The van der Waals surface area contributed by atoms with Crippen LogP contribution in [0.3, 0.4) is 0 Å². The van der Waals surface area contributed by atoms with Crippen LogP contribution in [0.15, 0.2) is 0 Å². The van der Waals surface area contributed by atoms with Crippen LogP contribution in [0.4, 0.5) is 0 Å². The second-order valence-electron chi connectivity index (χ2n) is 7.80. The third-order valence-electron chi connectivity index (χ3n) is 5.28. The van der Waals surface area contributed by atoms with Gasteiger partial charge in [-0.05, 0) is 59.2 Å². The molecular formula is C20H33N3O4. The van der Waals surface area contributed by atoms with Crippen LogP contribution in [0.5, 0.6) is 0 Å². The zero-order valence-corrected chi connectivity index (χ0v) is 17.2. The molecule has 0 aromatic carbocycles. The molecule has 0 bridgehead atoms. The van der Waals surface area contributed by atoms with Gasteiger partial charge in [-0.2, -0.15) is 0 Å². The smallest absolute Gasteiger partial charge is 0.340 e. The minimum atomic E-state index is -0.439. The van der Waals surface area contributed by atoms with E-state index in [1.807, 2.05) is 0 Å². The van der Waals surface area contributed by atoms with Crippen molar-refractivity contribution in [3.8, 4) is 0 Å². The molecule has 0 spiro atoms. The minimum Gasteiger partial charge on any atom is -0.460 e. The van der Waals surface area contributed by atoms with E-state index in [0.717, 1.165) is 13.1 Å². The number of hydrogen-bond donors (Lipinski definition) is 2. The van der Waals surface area contributed by atoms with Crippen LogP contribution in [0.1, 0.15) is 65.2 Å². The van der Waals surface area contributed by atoms with Crippen LogP contribution >= 0.6 is 0 Å². The second kappa shape index (κ2) is 9.37. The van der Waals surface area contributed by atoms with E-state index in [2.05, 4.69) is 29.0 Å². The number of aryl methyl sites for hydroxylation is 1. The van der Waals surface area contributed by atoms with E-state index >= 15 is 0 Å². The molecule has 7 nitrogen and oxygen atoms in total. The molecule has 1 aliphatic heterocycles. The molecule has 1 aromatic heterocycles. The first-order valence-corrected chi connectivity index (χ1v) is 9.66. The van der Waals surface area contributed by atoms with Crippen molar-refractivity contribution >= 4 is 11.9 Å². The Hall–Kier alpha value is -1.86. The Morgan fingerprint density at radius 3 is 2.44 bits per heavy atom. The molecule has 1 aromatic rings. The number of rotatable bonds is 8. The van der Waals surface area contributed by atoms with E-state index in [9.17, 15) is 9.59 Å². The van der Waals surface area contributed by atoms with Crippen molar-refractivity contribution in [2.75, 3.05) is 40.0 Å². The van der Waals surface area contributed by atoms with E-state index in [1.54, 1.807) is 21.0 Å². The molecule has 1 saturated heterocycles. The van der Waals surface area contributed by atoms with Gasteiger partial charge in [-0.3, -0.25) is 9.69 Å². The van der Waals surface area contributed by atoms with Crippen LogP contribution in [0, 0.1) is 13.8 Å². The molecule has 1 fully saturated rings. The van der Waals surface area contributed by atoms with Gasteiger partial charge in [0.15, 0.2) is 0 Å². The fourth-order valence-electron chi connectivity index (χ4n) is 3.57. The van der Waals surface area contributed by atoms with Crippen molar-refractivity contribution in [2.24, 2.45) is 0 Å². The molecule has 0 aliphatic carbocycles. The summed E-state index contributed by atoms with van der Waals surface area (Å²) in [5.74, 6) is -0.636. The number of carbonyl (C=O) groups excluding carboxylic acids is 2. The summed E-state index contributed by atoms with van der Waals surface area (Å²) < 4.78 is 10.1. The Morgan fingerprint density at radius 2 is 1.81 bits per heavy atom. The number of nitrogens with zero attached hydrogens (tertiary/aromatic N) is 1. The number of likely N-dealkylation sites (tertiary alicyclic amines) is 1. The summed E-state index contributed by atoms with van der Waals surface area (Å²) in [6, 6.07) is 0. The molecule has 1 amide bonds. The monoisotopic (exact) mass is 379 g/mol. The van der Waals surface area contributed by atoms with Gasteiger partial charge in [-0.25, -0.2) is 4.79 Å². The SMILES string of the molecule is COCCOC(=O)c1c(C)[nH]c(C(=O)NCC(C)(C)N2CCCCC2)c1C. The van der Waals surface area contributed by atoms with Gasteiger partial charge in [-0.15, -0.1) is 0 Å². The van der Waals surface area contributed by atoms with Gasteiger partial charge in [0.25, 0.3) is 5.91 Å². The van der Waals surface area contributed by atoms with Crippen LogP contribution in [0.25, 0.3) is 0 Å². The molecule has 7 heteroatoms. The molecule has 2 N–H and O–H groups in total. The zero-order valence-electron chi connectivity index (χ0n) is 17.2. The van der Waals surface area contributed by atoms with Crippen LogP contribution < -0.4 is 5.32 Å². The van der Waals surface area contributed by atoms with Gasteiger partial charge < -0.3 is 19.8 Å². The highest BCUT2D eigenvalue weighted by Crippen LogP contribution is 2.21. The Balaban J connectivity index is 2.02. The molecule has 0 atom stereocenters. The predicted molar refractivity (Wildman–Crippen MR) is 104 cm³/mol. The summed E-state index contributed by atoms with van der Waals surface area (Å²) in [6.45, 7) is 11.1. The van der Waals surface area contributed by atoms with Gasteiger partial charge >= 0.3 is 5.97 Å². The van der Waals surface area contributed by atoms with Crippen molar-refractivity contribution in [3.05, 3.63) is 22.5 Å². The topological polar surface area (TPSA) is 83.7 Å². The van der Waals surface area contributed by atoms with Crippen LogP contribution in [-0.2, 0) is 9.47 Å². The summed E-state index contributed by atoms with van der Waals surface area (Å²) in [5, 5.41) is 3.03. The predicted octanol–water partition coefficient (Wildman–Crippen LogP) is 2.43. The number of aromatic amines is 1. The summed E-state index contributed by atoms with van der Waals surface area (Å²) in [5.41, 5.74) is 1.99. The average molecular weight is 380 g/mol. The van der Waals surface area contributed by atoms with E-state index in [4.69, 9.17) is 9.47 Å². The molecule has 1 aliphatic rings. The fraction of sp³-hybridized carbons (Fsp3) is 0.700. The first-order valence-electron chi connectivity index (χ1n) is 9.66. The van der Waals surface area contributed by atoms with Crippen molar-refractivity contribution in [1.82, 2.24) is 15.2 Å². The third-order valence-corrected chi connectivity index (χ3v) is 5.28. The number of methoxy groups -OCH3 is 1. The number of amides is 1. The van der Waals surface area contributed by atoms with E-state index < -0.39 is 5.97 Å². The standard InChI is InChI=1S/C20H33N3O4/c1-14-16(19(25)27-12-11-26-5)15(2)22-17(14)18(24)21-13-20(3,4)23-9-7-6-8-10-23/h22H,6-13H2,1-5H3,(H,21,24). The van der Waals surface area contributed by atoms with Crippen molar-refractivity contribution in [1.29, 1.82) is 0 Å². The Morgan fingerprint density at radius 1 is 1.15 bits per heavy atom. The summed E-state index contributed by atoms with van der Waals surface area (Å²) in [6.07, 6.45) is 3.70. The normalized spacial score (nSPS) is 15.6. The Labute approximate surface area is 161 Å². The molecule has 2 heterocycles. The van der Waals surface area contributed by atoms with Gasteiger partial charge in [0.2, 0.25) is 0 Å². The number of piperidine rings is 1. The average Bonchev–Trinajstić information content (AvgIpc) is 2.95. The molecular weight excluding hydrogens is 346 g/mol. The van der Waals surface area contributed by atoms with Crippen molar-refractivity contribution in [3.63, 3.8) is 0 Å². The minimum absolute atomic E-state index is 0.104. The highest BCUT2D eigenvalue weighted by Gasteiger charge is 2.29. The lowest BCUT2D eigenvalue weighted by atomic mass is 9.98. The number of H-pyrrole nitrogens is 1. The van der Waals surface area contributed by atoms with Gasteiger partial charge in [-0.1, -0.05) is 6.42 Å². The maximum atomic E-state index is 12.7. The van der Waals surface area contributed by atoms with Crippen molar-refractivity contribution < 1.29 is 19.1 Å². The number of hydrogen-bond acceptors (Lipinski definition) is 5. The molecule has 0 unspecified atom stereocenters. The van der Waals surface area contributed by atoms with E-state index in [1.165, 1.54) is 19.3 Å². The molecule has 152 valence electrons. The highest BCUT2D eigenvalue weighted by molar-refractivity contribution is 6.00. The maximum Gasteiger partial charge on any atom is 0.340 e. The maximum absolute atomic E-state index is 12.7. The van der Waals surface area contributed by atoms with Crippen LogP contribution in [0.2, 0.25) is 0 Å². The second-order valence-corrected chi connectivity index (χ2v) is 7.80. The quantitative estimate of drug-likeness (QED) is 0.535. The molecule has 2 rings (SSSR count). The van der Waals surface area contributed by atoms with Gasteiger partial charge in [0.05, 0.1) is 12.2 Å². The van der Waals surface area contributed by atoms with E-state index in [0.29, 0.717) is 35.7 Å². The number of carbonyl (C=O) groups is 2. The highest BCUT2D eigenvalue weighted by atomic mass is 16.6. The first kappa shape index (κ1) is 21.4. The van der Waals surface area contributed by atoms with Gasteiger partial charge in [0.1, 0.15) is 12.3 Å². The lowest BCUT2D eigenvalue weighted by Crippen LogP contribution is -2.53. The van der Waals surface area contributed by atoms with Gasteiger partial charge in [0, 0.05) is 24.9 Å². The summed E-state index contributed by atoms with van der Waals surface area (Å²) >= 11 is 0. The Kier molecular flexibility index (Phi) is 7.44. The lowest BCUT2D eigenvalue weighted by Gasteiger charge is -2.41. The molecule has 0 saturated carbocycles. The largest absolute Gasteiger partial charge is 0.460 e. The fourth-order valence-corrected chi connectivity index (χ4v) is 3.57. The lowest BCUT2D eigenvalue weighted by molar-refractivity contribution is 0.0387. The Bertz CT molecular complexity index is 660. The van der Waals surface area contributed by atoms with Crippen molar-refractivity contribution in [2.45, 2.75) is 52.5 Å². The number of aromatic nitrogens is 1. The molecule has 27 heavy (non-hydrogen) atoms. The molecule has 0 radical (unpaired) electrons. The summed E-state index contributed by atoms with van der Waals surface area (Å²) in [7, 11) is 1.55. The zero-order chi connectivity index (χ0) is 20.0. The number of nitrogens with one attached hydrogen (secondary N) is 2. The van der Waals surface area contributed by atoms with Crippen LogP contribution in [-0.4, -0.2) is 67.3 Å². The summed E-state index contributed by atoms with van der Waals surface area (Å²) in [4.78, 5) is 30.5. The number of esters is 1. The number of ether oxygens (including phenoxy) is 2.